The Morgan fingerprint density at radius 3 is 2.67 bits per heavy atom. The maximum Gasteiger partial charge on any atom is 0.240 e. The van der Waals surface area contributed by atoms with Crippen LogP contribution in [-0.2, 0) is 10.0 Å². The van der Waals surface area contributed by atoms with E-state index in [-0.39, 0.29) is 10.5 Å². The molecular weight excluding hydrogens is 291 g/mol. The summed E-state index contributed by atoms with van der Waals surface area (Å²) >= 11 is 0. The average Bonchev–Trinajstić information content (AvgIpc) is 2.48. The molecule has 1 aliphatic carbocycles. The van der Waals surface area contributed by atoms with Gasteiger partial charge >= 0.3 is 0 Å². The summed E-state index contributed by atoms with van der Waals surface area (Å²) < 4.78 is 40.0. The molecule has 0 bridgehead atoms. The molecule has 0 spiro atoms. The molecule has 0 aromatic heterocycles. The molecular formula is C15H19FN2O2S. The minimum absolute atomic E-state index is 0.0657. The molecule has 2 rings (SSSR count). The number of halogens is 1. The van der Waals surface area contributed by atoms with Gasteiger partial charge in [-0.05, 0) is 30.5 Å². The molecule has 114 valence electrons. The molecule has 0 unspecified atom stereocenters. The van der Waals surface area contributed by atoms with Crippen LogP contribution in [0.1, 0.15) is 44.1 Å². The number of benzene rings is 1. The number of nitrogens with zero attached hydrogens (tertiary/aromatic N) is 1. The summed E-state index contributed by atoms with van der Waals surface area (Å²) in [4.78, 5) is -0.0657. The Labute approximate surface area is 125 Å². The van der Waals surface area contributed by atoms with Crippen LogP contribution in [0.2, 0.25) is 0 Å². The van der Waals surface area contributed by atoms with E-state index in [4.69, 9.17) is 5.26 Å². The molecule has 0 aliphatic heterocycles. The van der Waals surface area contributed by atoms with Crippen molar-refractivity contribution in [1.82, 2.24) is 4.72 Å². The van der Waals surface area contributed by atoms with Crippen LogP contribution in [0.3, 0.4) is 0 Å². The number of hydrogen-bond donors (Lipinski definition) is 1. The second-order valence-corrected chi connectivity index (χ2v) is 7.21. The third-order valence-electron chi connectivity index (χ3n) is 3.94. The highest BCUT2D eigenvalue weighted by Crippen LogP contribution is 2.26. The van der Waals surface area contributed by atoms with Crippen molar-refractivity contribution in [2.24, 2.45) is 5.92 Å². The zero-order valence-corrected chi connectivity index (χ0v) is 12.6. The standard InChI is InChI=1S/C15H19FN2O2S/c16-15-7-6-14(10-13(15)11-17)21(19,20)18-9-8-12-4-2-1-3-5-12/h6-7,10,12,18H,1-5,8-9H2. The van der Waals surface area contributed by atoms with Crippen molar-refractivity contribution in [2.45, 2.75) is 43.4 Å². The highest BCUT2D eigenvalue weighted by atomic mass is 32.2. The summed E-state index contributed by atoms with van der Waals surface area (Å²) in [5.74, 6) is -0.122. The number of hydrogen-bond acceptors (Lipinski definition) is 3. The molecule has 0 atom stereocenters. The van der Waals surface area contributed by atoms with E-state index in [1.54, 1.807) is 6.07 Å². The first kappa shape index (κ1) is 15.9. The van der Waals surface area contributed by atoms with Gasteiger partial charge in [-0.2, -0.15) is 5.26 Å². The molecule has 0 heterocycles. The minimum Gasteiger partial charge on any atom is -0.211 e. The van der Waals surface area contributed by atoms with Gasteiger partial charge in [-0.15, -0.1) is 0 Å². The first-order chi connectivity index (χ1) is 10.0. The van der Waals surface area contributed by atoms with Crippen LogP contribution >= 0.6 is 0 Å². The fourth-order valence-corrected chi connectivity index (χ4v) is 3.79. The average molecular weight is 310 g/mol. The second kappa shape index (κ2) is 7.01. The predicted octanol–water partition coefficient (Wildman–Crippen LogP) is 2.95. The Bertz CT molecular complexity index is 632. The Morgan fingerprint density at radius 1 is 1.29 bits per heavy atom. The Kier molecular flexibility index (Phi) is 5.32. The van der Waals surface area contributed by atoms with Gasteiger partial charge in [0.15, 0.2) is 0 Å². The maximum atomic E-state index is 13.2. The van der Waals surface area contributed by atoms with Crippen LogP contribution < -0.4 is 4.72 Å². The number of sulfonamides is 1. The van der Waals surface area contributed by atoms with Gasteiger partial charge in [0, 0.05) is 6.54 Å². The van der Waals surface area contributed by atoms with Crippen LogP contribution in [0.4, 0.5) is 4.39 Å². The molecule has 0 radical (unpaired) electrons. The highest BCUT2D eigenvalue weighted by Gasteiger charge is 2.18. The largest absolute Gasteiger partial charge is 0.240 e. The summed E-state index contributed by atoms with van der Waals surface area (Å²) in [6.45, 7) is 0.381. The van der Waals surface area contributed by atoms with Gasteiger partial charge in [0.25, 0.3) is 0 Å². The molecule has 1 aliphatic rings. The van der Waals surface area contributed by atoms with Crippen molar-refractivity contribution < 1.29 is 12.8 Å². The molecule has 1 N–H and O–H groups in total. The van der Waals surface area contributed by atoms with Crippen molar-refractivity contribution in [3.8, 4) is 6.07 Å². The van der Waals surface area contributed by atoms with Crippen LogP contribution in [0.25, 0.3) is 0 Å². The Hall–Kier alpha value is -1.45. The van der Waals surface area contributed by atoms with E-state index in [9.17, 15) is 12.8 Å². The van der Waals surface area contributed by atoms with Gasteiger partial charge in [-0.1, -0.05) is 32.1 Å². The molecule has 6 heteroatoms. The van der Waals surface area contributed by atoms with Crippen molar-refractivity contribution in [1.29, 1.82) is 5.26 Å². The van der Waals surface area contributed by atoms with Gasteiger partial charge in [-0.25, -0.2) is 17.5 Å². The Morgan fingerprint density at radius 2 is 2.00 bits per heavy atom. The van der Waals surface area contributed by atoms with Crippen LogP contribution in [0, 0.1) is 23.1 Å². The molecule has 1 saturated carbocycles. The van der Waals surface area contributed by atoms with Crippen molar-refractivity contribution in [3.05, 3.63) is 29.6 Å². The second-order valence-electron chi connectivity index (χ2n) is 5.44. The lowest BCUT2D eigenvalue weighted by Crippen LogP contribution is -2.26. The topological polar surface area (TPSA) is 70.0 Å². The molecule has 21 heavy (non-hydrogen) atoms. The van der Waals surface area contributed by atoms with Crippen molar-refractivity contribution in [2.75, 3.05) is 6.54 Å². The lowest BCUT2D eigenvalue weighted by molar-refractivity contribution is 0.339. The molecule has 0 saturated heterocycles. The predicted molar refractivity (Wildman–Crippen MR) is 77.5 cm³/mol. The summed E-state index contributed by atoms with van der Waals surface area (Å²) in [5, 5.41) is 8.75. The zero-order chi connectivity index (χ0) is 15.3. The smallest absolute Gasteiger partial charge is 0.211 e. The maximum absolute atomic E-state index is 13.2. The molecule has 1 fully saturated rings. The van der Waals surface area contributed by atoms with E-state index in [1.807, 2.05) is 0 Å². The SMILES string of the molecule is N#Cc1cc(S(=O)(=O)NCCC2CCCCC2)ccc1F. The van der Waals surface area contributed by atoms with Gasteiger partial charge in [0.1, 0.15) is 11.9 Å². The van der Waals surface area contributed by atoms with Gasteiger partial charge < -0.3 is 0 Å². The number of nitrogens with one attached hydrogen (secondary N) is 1. The molecule has 1 aromatic rings. The molecule has 4 nitrogen and oxygen atoms in total. The van der Waals surface area contributed by atoms with E-state index < -0.39 is 15.8 Å². The summed E-state index contributed by atoms with van der Waals surface area (Å²) in [6.07, 6.45) is 6.87. The van der Waals surface area contributed by atoms with E-state index in [2.05, 4.69) is 4.72 Å². The summed E-state index contributed by atoms with van der Waals surface area (Å²) in [7, 11) is -3.68. The Balaban J connectivity index is 1.96. The third-order valence-corrected chi connectivity index (χ3v) is 5.40. The minimum atomic E-state index is -3.68. The first-order valence-electron chi connectivity index (χ1n) is 7.22. The third kappa shape index (κ3) is 4.26. The lowest BCUT2D eigenvalue weighted by atomic mass is 9.87. The van der Waals surface area contributed by atoms with E-state index >= 15 is 0 Å². The van der Waals surface area contributed by atoms with Crippen LogP contribution in [0.15, 0.2) is 23.1 Å². The van der Waals surface area contributed by atoms with Crippen LogP contribution in [-0.4, -0.2) is 15.0 Å². The van der Waals surface area contributed by atoms with E-state index in [0.29, 0.717) is 12.5 Å². The first-order valence-corrected chi connectivity index (χ1v) is 8.70. The van der Waals surface area contributed by atoms with Crippen molar-refractivity contribution in [3.63, 3.8) is 0 Å². The van der Waals surface area contributed by atoms with E-state index in [0.717, 1.165) is 31.4 Å². The van der Waals surface area contributed by atoms with Gasteiger partial charge in [-0.3, -0.25) is 0 Å². The normalized spacial score (nSPS) is 16.6. The van der Waals surface area contributed by atoms with Crippen molar-refractivity contribution >= 4 is 10.0 Å². The quantitative estimate of drug-likeness (QED) is 0.909. The molecule has 1 aromatic carbocycles. The van der Waals surface area contributed by atoms with Gasteiger partial charge in [0.2, 0.25) is 10.0 Å². The van der Waals surface area contributed by atoms with Gasteiger partial charge in [0.05, 0.1) is 10.5 Å². The monoisotopic (exact) mass is 310 g/mol. The fourth-order valence-electron chi connectivity index (χ4n) is 2.71. The summed E-state index contributed by atoms with van der Waals surface area (Å²) in [5.41, 5.74) is -0.259. The number of nitriles is 1. The highest BCUT2D eigenvalue weighted by molar-refractivity contribution is 7.89. The zero-order valence-electron chi connectivity index (χ0n) is 11.8. The van der Waals surface area contributed by atoms with Crippen LogP contribution in [0.5, 0.6) is 0 Å². The fraction of sp³-hybridized carbons (Fsp3) is 0.533. The molecule has 0 amide bonds. The lowest BCUT2D eigenvalue weighted by Gasteiger charge is -2.21. The van der Waals surface area contributed by atoms with E-state index in [1.165, 1.54) is 25.3 Å². The number of rotatable bonds is 5. The summed E-state index contributed by atoms with van der Waals surface area (Å²) in [6, 6.07) is 4.90.